The Kier molecular flexibility index (Phi) is 4.71. The van der Waals surface area contributed by atoms with Gasteiger partial charge in [0.2, 0.25) is 5.91 Å². The van der Waals surface area contributed by atoms with Crippen molar-refractivity contribution in [3.05, 3.63) is 46.5 Å². The standard InChI is InChI=1S/C17H18N4O2S/c1-11-5-3-4-6-12(11)9-13-10-18-17(24-13)19-16(23)14-7-8-15(22)21(2)20-14/h3-6,10H,7-9H2,1-2H3,(H,18,19,23). The van der Waals surface area contributed by atoms with E-state index in [1.165, 1.54) is 27.5 Å². The number of nitrogens with one attached hydrogen (secondary N) is 1. The van der Waals surface area contributed by atoms with Gasteiger partial charge in [0.1, 0.15) is 5.71 Å². The molecular weight excluding hydrogens is 324 g/mol. The maximum atomic E-state index is 12.2. The predicted molar refractivity (Wildman–Crippen MR) is 94.2 cm³/mol. The first-order valence-corrected chi connectivity index (χ1v) is 8.49. The van der Waals surface area contributed by atoms with Gasteiger partial charge in [-0.3, -0.25) is 14.9 Å². The molecule has 0 bridgehead atoms. The molecule has 1 aliphatic rings. The number of anilines is 1. The zero-order valence-electron chi connectivity index (χ0n) is 13.6. The second-order valence-electron chi connectivity index (χ2n) is 5.65. The molecule has 0 aliphatic carbocycles. The molecule has 7 heteroatoms. The van der Waals surface area contributed by atoms with Gasteiger partial charge in [0.25, 0.3) is 5.91 Å². The van der Waals surface area contributed by atoms with Gasteiger partial charge in [0.15, 0.2) is 5.13 Å². The average molecular weight is 342 g/mol. The lowest BCUT2D eigenvalue weighted by Crippen LogP contribution is -2.34. The van der Waals surface area contributed by atoms with E-state index >= 15 is 0 Å². The predicted octanol–water partition coefficient (Wildman–Crippen LogP) is 2.59. The molecule has 2 heterocycles. The van der Waals surface area contributed by atoms with Gasteiger partial charge in [-0.05, 0) is 18.1 Å². The summed E-state index contributed by atoms with van der Waals surface area (Å²) in [7, 11) is 1.55. The molecule has 2 amide bonds. The highest BCUT2D eigenvalue weighted by Gasteiger charge is 2.22. The number of amides is 2. The second-order valence-corrected chi connectivity index (χ2v) is 6.77. The summed E-state index contributed by atoms with van der Waals surface area (Å²) in [6.07, 6.45) is 3.24. The normalized spacial score (nSPS) is 14.5. The summed E-state index contributed by atoms with van der Waals surface area (Å²) < 4.78 is 0. The topological polar surface area (TPSA) is 74.7 Å². The number of rotatable bonds is 4. The number of benzene rings is 1. The molecule has 124 valence electrons. The number of hydrogen-bond acceptors (Lipinski definition) is 5. The van der Waals surface area contributed by atoms with E-state index in [4.69, 9.17) is 0 Å². The molecule has 0 atom stereocenters. The van der Waals surface area contributed by atoms with Crippen molar-refractivity contribution in [3.8, 4) is 0 Å². The monoisotopic (exact) mass is 342 g/mol. The van der Waals surface area contributed by atoms with E-state index in [1.54, 1.807) is 13.2 Å². The maximum Gasteiger partial charge on any atom is 0.273 e. The number of carbonyl (C=O) groups is 2. The fourth-order valence-corrected chi connectivity index (χ4v) is 3.28. The lowest BCUT2D eigenvalue weighted by Gasteiger charge is -2.18. The molecule has 0 fully saturated rings. The van der Waals surface area contributed by atoms with E-state index < -0.39 is 0 Å². The van der Waals surface area contributed by atoms with Crippen LogP contribution >= 0.6 is 11.3 Å². The summed E-state index contributed by atoms with van der Waals surface area (Å²) in [5, 5.41) is 8.54. The minimum Gasteiger partial charge on any atom is -0.297 e. The number of nitrogens with zero attached hydrogens (tertiary/aromatic N) is 3. The van der Waals surface area contributed by atoms with Gasteiger partial charge in [0, 0.05) is 37.4 Å². The highest BCUT2D eigenvalue weighted by Crippen LogP contribution is 2.23. The van der Waals surface area contributed by atoms with Gasteiger partial charge < -0.3 is 0 Å². The highest BCUT2D eigenvalue weighted by atomic mass is 32.1. The molecule has 1 N–H and O–H groups in total. The minimum atomic E-state index is -0.300. The van der Waals surface area contributed by atoms with E-state index in [9.17, 15) is 9.59 Å². The van der Waals surface area contributed by atoms with Crippen LogP contribution in [-0.2, 0) is 16.0 Å². The number of hydrazone groups is 1. The molecule has 24 heavy (non-hydrogen) atoms. The molecule has 3 rings (SSSR count). The average Bonchev–Trinajstić information content (AvgIpc) is 2.99. The van der Waals surface area contributed by atoms with Crippen LogP contribution < -0.4 is 5.32 Å². The van der Waals surface area contributed by atoms with Crippen molar-refractivity contribution in [1.29, 1.82) is 0 Å². The molecule has 6 nitrogen and oxygen atoms in total. The van der Waals surface area contributed by atoms with Crippen molar-refractivity contribution in [3.63, 3.8) is 0 Å². The van der Waals surface area contributed by atoms with Crippen LogP contribution in [0.1, 0.15) is 28.8 Å². The molecule has 0 unspecified atom stereocenters. The van der Waals surface area contributed by atoms with E-state index in [-0.39, 0.29) is 11.8 Å². The SMILES string of the molecule is Cc1ccccc1Cc1cnc(NC(=O)C2=NN(C)C(=O)CC2)s1. The molecule has 1 aliphatic heterocycles. The third kappa shape index (κ3) is 3.68. The Morgan fingerprint density at radius 2 is 2.12 bits per heavy atom. The Bertz CT molecular complexity index is 812. The Balaban J connectivity index is 1.66. The van der Waals surface area contributed by atoms with Gasteiger partial charge >= 0.3 is 0 Å². The first-order valence-electron chi connectivity index (χ1n) is 7.67. The molecule has 0 saturated heterocycles. The van der Waals surface area contributed by atoms with Gasteiger partial charge in [-0.1, -0.05) is 24.3 Å². The summed E-state index contributed by atoms with van der Waals surface area (Å²) in [5.41, 5.74) is 2.84. The third-order valence-electron chi connectivity index (χ3n) is 3.87. The third-order valence-corrected chi connectivity index (χ3v) is 4.78. The van der Waals surface area contributed by atoms with Crippen molar-refractivity contribution in [1.82, 2.24) is 9.99 Å². The number of aryl methyl sites for hydroxylation is 1. The number of hydrogen-bond donors (Lipinski definition) is 1. The largest absolute Gasteiger partial charge is 0.297 e. The Labute approximate surface area is 144 Å². The first kappa shape index (κ1) is 16.3. The van der Waals surface area contributed by atoms with Crippen LogP contribution in [0.4, 0.5) is 5.13 Å². The zero-order valence-corrected chi connectivity index (χ0v) is 14.4. The molecule has 0 saturated carbocycles. The van der Waals surface area contributed by atoms with Crippen LogP contribution in [0.5, 0.6) is 0 Å². The molecule has 2 aromatic rings. The molecular formula is C17H18N4O2S. The Morgan fingerprint density at radius 3 is 2.88 bits per heavy atom. The van der Waals surface area contributed by atoms with Crippen LogP contribution in [-0.4, -0.2) is 34.6 Å². The summed E-state index contributed by atoms with van der Waals surface area (Å²) in [4.78, 5) is 29.0. The number of thiazole rings is 1. The summed E-state index contributed by atoms with van der Waals surface area (Å²) in [6.45, 7) is 2.08. The Morgan fingerprint density at radius 1 is 1.33 bits per heavy atom. The van der Waals surface area contributed by atoms with E-state index in [0.29, 0.717) is 23.7 Å². The van der Waals surface area contributed by atoms with Crippen LogP contribution in [0, 0.1) is 6.92 Å². The first-order chi connectivity index (χ1) is 11.5. The zero-order chi connectivity index (χ0) is 17.1. The van der Waals surface area contributed by atoms with Crippen molar-refractivity contribution < 1.29 is 9.59 Å². The van der Waals surface area contributed by atoms with Gasteiger partial charge in [-0.25, -0.2) is 9.99 Å². The van der Waals surface area contributed by atoms with E-state index in [1.807, 2.05) is 12.1 Å². The summed E-state index contributed by atoms with van der Waals surface area (Å²) >= 11 is 1.45. The van der Waals surface area contributed by atoms with Crippen LogP contribution in [0.15, 0.2) is 35.6 Å². The van der Waals surface area contributed by atoms with Crippen LogP contribution in [0.25, 0.3) is 0 Å². The second kappa shape index (κ2) is 6.92. The molecule has 1 aromatic carbocycles. The highest BCUT2D eigenvalue weighted by molar-refractivity contribution is 7.15. The fraction of sp³-hybridized carbons (Fsp3) is 0.294. The van der Waals surface area contributed by atoms with Crippen molar-refractivity contribution >= 4 is 34.0 Å². The Hall–Kier alpha value is -2.54. The number of aromatic nitrogens is 1. The van der Waals surface area contributed by atoms with Gasteiger partial charge in [-0.15, -0.1) is 11.3 Å². The molecule has 1 aromatic heterocycles. The van der Waals surface area contributed by atoms with Crippen molar-refractivity contribution in [2.45, 2.75) is 26.2 Å². The fourth-order valence-electron chi connectivity index (χ4n) is 2.45. The molecule has 0 spiro atoms. The quantitative estimate of drug-likeness (QED) is 0.928. The molecule has 0 radical (unpaired) electrons. The lowest BCUT2D eigenvalue weighted by molar-refractivity contribution is -0.130. The van der Waals surface area contributed by atoms with Crippen molar-refractivity contribution in [2.75, 3.05) is 12.4 Å². The van der Waals surface area contributed by atoms with Crippen molar-refractivity contribution in [2.24, 2.45) is 5.10 Å². The van der Waals surface area contributed by atoms with E-state index in [0.717, 1.165) is 11.3 Å². The lowest BCUT2D eigenvalue weighted by atomic mass is 10.1. The van der Waals surface area contributed by atoms with Gasteiger partial charge in [-0.2, -0.15) is 5.10 Å². The summed E-state index contributed by atoms with van der Waals surface area (Å²) in [5.74, 6) is -0.382. The minimum absolute atomic E-state index is 0.0821. The van der Waals surface area contributed by atoms with Gasteiger partial charge in [0.05, 0.1) is 0 Å². The van der Waals surface area contributed by atoms with Crippen LogP contribution in [0.3, 0.4) is 0 Å². The summed E-state index contributed by atoms with van der Waals surface area (Å²) in [6, 6.07) is 8.21. The smallest absolute Gasteiger partial charge is 0.273 e. The van der Waals surface area contributed by atoms with E-state index in [2.05, 4.69) is 34.5 Å². The number of carbonyl (C=O) groups excluding carboxylic acids is 2. The van der Waals surface area contributed by atoms with Crippen LogP contribution in [0.2, 0.25) is 0 Å². The maximum absolute atomic E-state index is 12.2.